The first-order valence-electron chi connectivity index (χ1n) is 6.47. The van der Waals surface area contributed by atoms with Crippen molar-refractivity contribution in [1.29, 1.82) is 0 Å². The Balaban J connectivity index is 1.73. The van der Waals surface area contributed by atoms with Crippen LogP contribution in [0.5, 0.6) is 0 Å². The minimum Gasteiger partial charge on any atom is -0.462 e. The first-order chi connectivity index (χ1) is 9.15. The molecule has 7 nitrogen and oxygen atoms in total. The largest absolute Gasteiger partial charge is 0.462 e. The first kappa shape index (κ1) is 14.3. The van der Waals surface area contributed by atoms with Gasteiger partial charge in [-0.05, 0) is 37.1 Å². The summed E-state index contributed by atoms with van der Waals surface area (Å²) in [6, 6.07) is 0.675. The van der Waals surface area contributed by atoms with Crippen molar-refractivity contribution in [2.45, 2.75) is 50.5 Å². The Kier molecular flexibility index (Phi) is 5.15. The van der Waals surface area contributed by atoms with E-state index in [2.05, 4.69) is 20.8 Å². The van der Waals surface area contributed by atoms with E-state index >= 15 is 0 Å². The fourth-order valence-electron chi connectivity index (χ4n) is 1.52. The quantitative estimate of drug-likeness (QED) is 0.549. The second-order valence-electron chi connectivity index (χ2n) is 4.74. The molecule has 0 spiro atoms. The van der Waals surface area contributed by atoms with Crippen LogP contribution in [-0.2, 0) is 16.1 Å². The highest BCUT2D eigenvalue weighted by molar-refractivity contribution is 7.99. The minimum absolute atomic E-state index is 0.0909. The highest BCUT2D eigenvalue weighted by Crippen LogP contribution is 2.18. The molecule has 1 aromatic rings. The normalized spacial score (nSPS) is 14.9. The second-order valence-corrected chi connectivity index (χ2v) is 5.68. The Labute approximate surface area is 116 Å². The summed E-state index contributed by atoms with van der Waals surface area (Å²) in [6.07, 6.45) is 2.43. The van der Waals surface area contributed by atoms with E-state index in [0.717, 1.165) is 6.54 Å². The van der Waals surface area contributed by atoms with Crippen LogP contribution in [-0.4, -0.2) is 50.6 Å². The van der Waals surface area contributed by atoms with E-state index in [-0.39, 0.29) is 17.8 Å². The second kappa shape index (κ2) is 6.85. The maximum Gasteiger partial charge on any atom is 0.316 e. The van der Waals surface area contributed by atoms with Gasteiger partial charge in [-0.2, -0.15) is 0 Å². The molecule has 0 amide bonds. The molecular weight excluding hydrogens is 266 g/mol. The van der Waals surface area contributed by atoms with Crippen LogP contribution in [0.25, 0.3) is 0 Å². The van der Waals surface area contributed by atoms with Crippen LogP contribution >= 0.6 is 11.8 Å². The van der Waals surface area contributed by atoms with Gasteiger partial charge in [0.2, 0.25) is 5.16 Å². The molecule has 0 saturated heterocycles. The Morgan fingerprint density at radius 3 is 3.05 bits per heavy atom. The van der Waals surface area contributed by atoms with Gasteiger partial charge in [0.05, 0.1) is 18.4 Å². The lowest BCUT2D eigenvalue weighted by Crippen LogP contribution is -2.22. The van der Waals surface area contributed by atoms with Crippen molar-refractivity contribution in [2.24, 2.45) is 0 Å². The molecule has 0 unspecified atom stereocenters. The van der Waals surface area contributed by atoms with Gasteiger partial charge in [0, 0.05) is 12.6 Å². The molecule has 1 aliphatic rings. The molecule has 0 bridgehead atoms. The number of hydrogen-bond donors (Lipinski definition) is 1. The maximum absolute atomic E-state index is 11.4. The molecule has 2 rings (SSSR count). The third-order valence-electron chi connectivity index (χ3n) is 2.52. The molecule has 1 saturated carbocycles. The smallest absolute Gasteiger partial charge is 0.316 e. The Morgan fingerprint density at radius 2 is 2.37 bits per heavy atom. The van der Waals surface area contributed by atoms with Gasteiger partial charge in [-0.3, -0.25) is 4.79 Å². The zero-order valence-corrected chi connectivity index (χ0v) is 12.0. The van der Waals surface area contributed by atoms with Crippen molar-refractivity contribution in [3.63, 3.8) is 0 Å². The Morgan fingerprint density at radius 1 is 1.58 bits per heavy atom. The summed E-state index contributed by atoms with van der Waals surface area (Å²) in [7, 11) is 0. The number of nitrogens with one attached hydrogen (secondary N) is 1. The van der Waals surface area contributed by atoms with Gasteiger partial charge >= 0.3 is 5.97 Å². The van der Waals surface area contributed by atoms with Crippen LogP contribution in [0.3, 0.4) is 0 Å². The van der Waals surface area contributed by atoms with Crippen LogP contribution in [0.4, 0.5) is 0 Å². The molecule has 1 aromatic heterocycles. The molecular formula is C11H19N5O2S. The van der Waals surface area contributed by atoms with Crippen molar-refractivity contribution < 1.29 is 9.53 Å². The number of nitrogens with zero attached hydrogens (tertiary/aromatic N) is 4. The van der Waals surface area contributed by atoms with E-state index in [1.165, 1.54) is 24.6 Å². The first-order valence-corrected chi connectivity index (χ1v) is 7.45. The summed E-state index contributed by atoms with van der Waals surface area (Å²) in [6.45, 7) is 5.22. The Bertz CT molecular complexity index is 419. The summed E-state index contributed by atoms with van der Waals surface area (Å²) in [5.74, 6) is -0.0140. The lowest BCUT2D eigenvalue weighted by Gasteiger charge is -2.07. The van der Waals surface area contributed by atoms with Crippen molar-refractivity contribution in [3.8, 4) is 0 Å². The molecule has 0 aliphatic heterocycles. The molecule has 19 heavy (non-hydrogen) atoms. The summed E-state index contributed by atoms with van der Waals surface area (Å²) >= 11 is 1.30. The van der Waals surface area contributed by atoms with Crippen LogP contribution in [0, 0.1) is 0 Å². The fraction of sp³-hybridized carbons (Fsp3) is 0.818. The maximum atomic E-state index is 11.4. The molecule has 1 N–H and O–H groups in total. The average molecular weight is 285 g/mol. The molecule has 0 atom stereocenters. The zero-order chi connectivity index (χ0) is 13.7. The third-order valence-corrected chi connectivity index (χ3v) is 3.45. The van der Waals surface area contributed by atoms with Crippen molar-refractivity contribution in [3.05, 3.63) is 0 Å². The highest BCUT2D eigenvalue weighted by Gasteiger charge is 2.20. The number of aromatic nitrogens is 4. The monoisotopic (exact) mass is 285 g/mol. The lowest BCUT2D eigenvalue weighted by atomic mass is 10.5. The van der Waals surface area contributed by atoms with Crippen LogP contribution in [0.2, 0.25) is 0 Å². The topological polar surface area (TPSA) is 81.9 Å². The van der Waals surface area contributed by atoms with Crippen molar-refractivity contribution >= 4 is 17.7 Å². The molecule has 1 aliphatic carbocycles. The third kappa shape index (κ3) is 5.15. The van der Waals surface area contributed by atoms with E-state index in [0.29, 0.717) is 17.7 Å². The summed E-state index contributed by atoms with van der Waals surface area (Å²) in [5, 5.41) is 15.5. The van der Waals surface area contributed by atoms with E-state index < -0.39 is 0 Å². The standard InChI is InChI=1S/C11H19N5O2S/c1-8(2)18-10(17)7-19-11-13-14-15-16(11)6-5-12-9-3-4-9/h8-9,12H,3-7H2,1-2H3. The summed E-state index contributed by atoms with van der Waals surface area (Å²) < 4.78 is 6.77. The molecule has 8 heteroatoms. The SMILES string of the molecule is CC(C)OC(=O)CSc1nnnn1CCNC1CC1. The highest BCUT2D eigenvalue weighted by atomic mass is 32.2. The number of carbonyl (C=O) groups excluding carboxylic acids is 1. The number of thioether (sulfide) groups is 1. The molecule has 106 valence electrons. The number of hydrogen-bond acceptors (Lipinski definition) is 7. The predicted octanol–water partition coefficient (Wildman–Crippen LogP) is 0.469. The van der Waals surface area contributed by atoms with E-state index in [9.17, 15) is 4.79 Å². The molecule has 1 fully saturated rings. The van der Waals surface area contributed by atoms with Gasteiger partial charge in [0.1, 0.15) is 0 Å². The van der Waals surface area contributed by atoms with E-state index in [4.69, 9.17) is 4.74 Å². The predicted molar refractivity (Wildman–Crippen MR) is 70.8 cm³/mol. The number of tetrazole rings is 1. The fourth-order valence-corrected chi connectivity index (χ4v) is 2.21. The molecule has 0 radical (unpaired) electrons. The van der Waals surface area contributed by atoms with Crippen molar-refractivity contribution in [1.82, 2.24) is 25.5 Å². The van der Waals surface area contributed by atoms with Crippen LogP contribution < -0.4 is 5.32 Å². The average Bonchev–Trinajstić information content (AvgIpc) is 3.05. The van der Waals surface area contributed by atoms with Crippen LogP contribution in [0.1, 0.15) is 26.7 Å². The number of carbonyl (C=O) groups is 1. The number of ether oxygens (including phenoxy) is 1. The van der Waals surface area contributed by atoms with Gasteiger partial charge in [-0.15, -0.1) is 5.10 Å². The van der Waals surface area contributed by atoms with E-state index in [1.807, 2.05) is 13.8 Å². The molecule has 1 heterocycles. The Hall–Kier alpha value is -1.15. The van der Waals surface area contributed by atoms with Gasteiger partial charge in [-0.1, -0.05) is 11.8 Å². The van der Waals surface area contributed by atoms with E-state index in [1.54, 1.807) is 4.68 Å². The summed E-state index contributed by atoms with van der Waals surface area (Å²) in [4.78, 5) is 11.4. The van der Waals surface area contributed by atoms with Gasteiger partial charge < -0.3 is 10.1 Å². The van der Waals surface area contributed by atoms with Gasteiger partial charge in [0.15, 0.2) is 0 Å². The van der Waals surface area contributed by atoms with Gasteiger partial charge in [-0.25, -0.2) is 4.68 Å². The number of esters is 1. The summed E-state index contributed by atoms with van der Waals surface area (Å²) in [5.41, 5.74) is 0. The van der Waals surface area contributed by atoms with Crippen molar-refractivity contribution in [2.75, 3.05) is 12.3 Å². The minimum atomic E-state index is -0.245. The number of rotatable bonds is 8. The molecule has 0 aromatic carbocycles. The zero-order valence-electron chi connectivity index (χ0n) is 11.2. The lowest BCUT2D eigenvalue weighted by molar-refractivity contribution is -0.144. The van der Waals surface area contributed by atoms with Gasteiger partial charge in [0.25, 0.3) is 0 Å². The van der Waals surface area contributed by atoms with Crippen LogP contribution in [0.15, 0.2) is 5.16 Å².